The molecule has 0 amide bonds. The minimum Gasteiger partial charge on any atom is -0.351 e. The van der Waals surface area contributed by atoms with Gasteiger partial charge in [0.25, 0.3) is 0 Å². The first kappa shape index (κ1) is 11.2. The molecule has 100 valence electrons. The van der Waals surface area contributed by atoms with Crippen LogP contribution in [0.5, 0.6) is 0 Å². The van der Waals surface area contributed by atoms with E-state index in [0.29, 0.717) is 0 Å². The summed E-state index contributed by atoms with van der Waals surface area (Å²) < 4.78 is 2.04. The number of nitrogens with zero attached hydrogens (tertiary/aromatic N) is 5. The van der Waals surface area contributed by atoms with Gasteiger partial charge in [-0.3, -0.25) is 4.90 Å². The molecule has 2 aromatic heterocycles. The number of fused-ring (bicyclic) bond motifs is 1. The van der Waals surface area contributed by atoms with Gasteiger partial charge in [0.1, 0.15) is 0 Å². The fourth-order valence-electron chi connectivity index (χ4n) is 3.11. The molecule has 4 rings (SSSR count). The summed E-state index contributed by atoms with van der Waals surface area (Å²) in [5.74, 6) is 1.03. The standard InChI is InChI=1S/C14H19N5/c1-2-12(3-1)17-8-10-19(11-9-17)14-13-15-4-6-18(13)7-5-16-14/h4-7,12H,1-3,8-11H2. The molecule has 19 heavy (non-hydrogen) atoms. The van der Waals surface area contributed by atoms with Gasteiger partial charge in [0.15, 0.2) is 11.5 Å². The van der Waals surface area contributed by atoms with Crippen molar-refractivity contribution in [2.45, 2.75) is 25.3 Å². The van der Waals surface area contributed by atoms with E-state index in [9.17, 15) is 0 Å². The molecular formula is C14H19N5. The SMILES string of the molecule is c1cn2ccnc2c(N2CCN(C3CCC3)CC2)n1. The molecule has 1 aliphatic carbocycles. The molecule has 0 radical (unpaired) electrons. The van der Waals surface area contributed by atoms with Gasteiger partial charge in [-0.15, -0.1) is 0 Å². The van der Waals surface area contributed by atoms with E-state index in [2.05, 4.69) is 19.8 Å². The lowest BCUT2D eigenvalue weighted by Crippen LogP contribution is -2.52. The third kappa shape index (κ3) is 1.89. The summed E-state index contributed by atoms with van der Waals surface area (Å²) in [5.41, 5.74) is 0.972. The summed E-state index contributed by atoms with van der Waals surface area (Å²) in [7, 11) is 0. The molecule has 0 N–H and O–H groups in total. The molecule has 5 heteroatoms. The van der Waals surface area contributed by atoms with E-state index < -0.39 is 0 Å². The van der Waals surface area contributed by atoms with E-state index in [4.69, 9.17) is 0 Å². The monoisotopic (exact) mass is 257 g/mol. The van der Waals surface area contributed by atoms with Crippen LogP contribution >= 0.6 is 0 Å². The van der Waals surface area contributed by atoms with Gasteiger partial charge >= 0.3 is 0 Å². The van der Waals surface area contributed by atoms with Crippen molar-refractivity contribution in [3.05, 3.63) is 24.8 Å². The van der Waals surface area contributed by atoms with Crippen LogP contribution in [-0.4, -0.2) is 51.5 Å². The third-order valence-corrected chi connectivity index (χ3v) is 4.50. The van der Waals surface area contributed by atoms with Gasteiger partial charge in [-0.2, -0.15) is 0 Å². The molecule has 2 fully saturated rings. The number of hydrogen-bond donors (Lipinski definition) is 0. The van der Waals surface area contributed by atoms with Crippen molar-refractivity contribution in [2.24, 2.45) is 0 Å². The molecule has 1 saturated heterocycles. The Hall–Kier alpha value is -1.62. The molecule has 0 spiro atoms. The second kappa shape index (κ2) is 4.49. The molecule has 2 aromatic rings. The highest BCUT2D eigenvalue weighted by atomic mass is 15.3. The Labute approximate surface area is 112 Å². The molecule has 2 aliphatic rings. The summed E-state index contributed by atoms with van der Waals surface area (Å²) in [4.78, 5) is 14.0. The lowest BCUT2D eigenvalue weighted by molar-refractivity contribution is 0.120. The van der Waals surface area contributed by atoms with Gasteiger partial charge in [0.05, 0.1) is 0 Å². The van der Waals surface area contributed by atoms with Crippen molar-refractivity contribution < 1.29 is 0 Å². The number of anilines is 1. The highest BCUT2D eigenvalue weighted by Gasteiger charge is 2.28. The summed E-state index contributed by atoms with van der Waals surface area (Å²) in [6.45, 7) is 4.45. The number of hydrogen-bond acceptors (Lipinski definition) is 4. The first-order valence-electron chi connectivity index (χ1n) is 7.18. The predicted octanol–water partition coefficient (Wildman–Crippen LogP) is 1.40. The minimum atomic E-state index is 0.859. The lowest BCUT2D eigenvalue weighted by atomic mass is 9.91. The van der Waals surface area contributed by atoms with Crippen molar-refractivity contribution >= 4 is 11.5 Å². The van der Waals surface area contributed by atoms with Crippen LogP contribution in [0.25, 0.3) is 5.65 Å². The zero-order chi connectivity index (χ0) is 12.7. The van der Waals surface area contributed by atoms with E-state index in [1.807, 2.05) is 29.2 Å². The van der Waals surface area contributed by atoms with E-state index in [-0.39, 0.29) is 0 Å². The maximum atomic E-state index is 4.53. The number of rotatable bonds is 2. The van der Waals surface area contributed by atoms with Crippen molar-refractivity contribution in [1.82, 2.24) is 19.3 Å². The van der Waals surface area contributed by atoms with E-state index in [0.717, 1.165) is 43.7 Å². The Kier molecular flexibility index (Phi) is 2.65. The molecule has 0 bridgehead atoms. The summed E-state index contributed by atoms with van der Waals surface area (Å²) in [6, 6.07) is 0.859. The van der Waals surface area contributed by atoms with E-state index in [1.54, 1.807) is 0 Å². The highest BCUT2D eigenvalue weighted by molar-refractivity contribution is 5.64. The Morgan fingerprint density at radius 1 is 0.947 bits per heavy atom. The smallest absolute Gasteiger partial charge is 0.180 e. The Morgan fingerprint density at radius 2 is 1.68 bits per heavy atom. The second-order valence-corrected chi connectivity index (χ2v) is 5.52. The van der Waals surface area contributed by atoms with Gasteiger partial charge in [0.2, 0.25) is 0 Å². The summed E-state index contributed by atoms with van der Waals surface area (Å²) in [6.07, 6.45) is 11.8. The molecule has 1 aliphatic heterocycles. The largest absolute Gasteiger partial charge is 0.351 e. The van der Waals surface area contributed by atoms with E-state index in [1.165, 1.54) is 19.3 Å². The van der Waals surface area contributed by atoms with Crippen LogP contribution in [0.15, 0.2) is 24.8 Å². The maximum absolute atomic E-state index is 4.53. The molecule has 0 atom stereocenters. The molecule has 5 nitrogen and oxygen atoms in total. The molecule has 1 saturated carbocycles. The molecule has 0 aromatic carbocycles. The molecule has 0 unspecified atom stereocenters. The first-order chi connectivity index (χ1) is 9.42. The fraction of sp³-hybridized carbons (Fsp3) is 0.571. The zero-order valence-electron chi connectivity index (χ0n) is 11.1. The van der Waals surface area contributed by atoms with Crippen LogP contribution in [0.4, 0.5) is 5.82 Å². The molecular weight excluding hydrogens is 238 g/mol. The topological polar surface area (TPSA) is 36.7 Å². The number of imidazole rings is 1. The van der Waals surface area contributed by atoms with Gasteiger partial charge in [0, 0.05) is 57.0 Å². The quantitative estimate of drug-likeness (QED) is 0.815. The van der Waals surface area contributed by atoms with Crippen molar-refractivity contribution in [3.63, 3.8) is 0 Å². The van der Waals surface area contributed by atoms with E-state index >= 15 is 0 Å². The summed E-state index contributed by atoms with van der Waals surface area (Å²) in [5, 5.41) is 0. The van der Waals surface area contributed by atoms with Crippen molar-refractivity contribution in [3.8, 4) is 0 Å². The predicted molar refractivity (Wildman–Crippen MR) is 74.4 cm³/mol. The van der Waals surface area contributed by atoms with Crippen molar-refractivity contribution in [2.75, 3.05) is 31.1 Å². The van der Waals surface area contributed by atoms with Gasteiger partial charge in [-0.05, 0) is 12.8 Å². The third-order valence-electron chi connectivity index (χ3n) is 4.50. The number of piperazine rings is 1. The normalized spacial score (nSPS) is 21.8. The maximum Gasteiger partial charge on any atom is 0.180 e. The Bertz CT molecular complexity index is 566. The second-order valence-electron chi connectivity index (χ2n) is 5.52. The minimum absolute atomic E-state index is 0.859. The fourth-order valence-corrected chi connectivity index (χ4v) is 3.11. The van der Waals surface area contributed by atoms with Gasteiger partial charge in [-0.1, -0.05) is 6.42 Å². The van der Waals surface area contributed by atoms with Crippen LogP contribution in [0.1, 0.15) is 19.3 Å². The molecule has 3 heterocycles. The Morgan fingerprint density at radius 3 is 2.37 bits per heavy atom. The average molecular weight is 257 g/mol. The van der Waals surface area contributed by atoms with Crippen LogP contribution in [-0.2, 0) is 0 Å². The van der Waals surface area contributed by atoms with Crippen LogP contribution in [0.3, 0.4) is 0 Å². The number of aromatic nitrogens is 3. The Balaban J connectivity index is 1.52. The highest BCUT2D eigenvalue weighted by Crippen LogP contribution is 2.27. The van der Waals surface area contributed by atoms with Gasteiger partial charge in [-0.25, -0.2) is 9.97 Å². The summed E-state index contributed by atoms with van der Waals surface area (Å²) >= 11 is 0. The van der Waals surface area contributed by atoms with Crippen LogP contribution in [0, 0.1) is 0 Å². The van der Waals surface area contributed by atoms with Crippen LogP contribution in [0.2, 0.25) is 0 Å². The van der Waals surface area contributed by atoms with Crippen LogP contribution < -0.4 is 4.90 Å². The first-order valence-corrected chi connectivity index (χ1v) is 7.18. The average Bonchev–Trinajstić information content (AvgIpc) is 2.86. The lowest BCUT2D eigenvalue weighted by Gasteiger charge is -2.43. The zero-order valence-corrected chi connectivity index (χ0v) is 11.1. The van der Waals surface area contributed by atoms with Crippen molar-refractivity contribution in [1.29, 1.82) is 0 Å². The van der Waals surface area contributed by atoms with Gasteiger partial charge < -0.3 is 9.30 Å².